The number of amides is 1. The molecule has 3 heteroatoms. The number of aliphatic hydroxyl groups is 1. The van der Waals surface area contributed by atoms with Crippen molar-refractivity contribution in [2.24, 2.45) is 11.3 Å². The van der Waals surface area contributed by atoms with Gasteiger partial charge in [0.05, 0.1) is 12.0 Å². The van der Waals surface area contributed by atoms with Crippen LogP contribution in [0.4, 0.5) is 0 Å². The molecule has 0 aromatic heterocycles. The molecule has 0 radical (unpaired) electrons. The molecule has 2 aliphatic carbocycles. The molecule has 0 aromatic carbocycles. The number of hydrogen-bond donors (Lipinski definition) is 2. The third-order valence-corrected chi connectivity index (χ3v) is 5.03. The monoisotopic (exact) mass is 253 g/mol. The quantitative estimate of drug-likeness (QED) is 0.791. The average molecular weight is 253 g/mol. The van der Waals surface area contributed by atoms with Gasteiger partial charge in [-0.25, -0.2) is 0 Å². The van der Waals surface area contributed by atoms with Gasteiger partial charge in [-0.1, -0.05) is 33.1 Å². The number of carbonyl (C=O) groups excluding carboxylic acids is 1. The average Bonchev–Trinajstić information content (AvgIpc) is 3.08. The second kappa shape index (κ2) is 5.20. The Kier molecular flexibility index (Phi) is 4.00. The molecule has 0 aromatic rings. The number of carbonyl (C=O) groups is 1. The highest BCUT2D eigenvalue weighted by Crippen LogP contribution is 2.51. The SMILES string of the molecule is CC(C)C1(CNC(=O)CC2(O)CCCCC2)CC1. The van der Waals surface area contributed by atoms with Crippen molar-refractivity contribution in [2.75, 3.05) is 6.54 Å². The summed E-state index contributed by atoms with van der Waals surface area (Å²) in [5.41, 5.74) is -0.373. The summed E-state index contributed by atoms with van der Waals surface area (Å²) >= 11 is 0. The van der Waals surface area contributed by atoms with Crippen LogP contribution in [0.1, 0.15) is 65.2 Å². The van der Waals surface area contributed by atoms with Crippen LogP contribution in [0.5, 0.6) is 0 Å². The minimum atomic E-state index is -0.725. The molecule has 2 fully saturated rings. The van der Waals surface area contributed by atoms with Crippen LogP contribution < -0.4 is 5.32 Å². The Balaban J connectivity index is 1.75. The van der Waals surface area contributed by atoms with Crippen molar-refractivity contribution in [1.29, 1.82) is 0 Å². The zero-order chi connectivity index (χ0) is 13.2. The van der Waals surface area contributed by atoms with Gasteiger partial charge in [0.25, 0.3) is 0 Å². The molecule has 2 aliphatic rings. The first-order valence-electron chi connectivity index (χ1n) is 7.45. The Morgan fingerprint density at radius 2 is 1.78 bits per heavy atom. The van der Waals surface area contributed by atoms with Gasteiger partial charge in [0.15, 0.2) is 0 Å². The smallest absolute Gasteiger partial charge is 0.222 e. The van der Waals surface area contributed by atoms with Crippen LogP contribution >= 0.6 is 0 Å². The van der Waals surface area contributed by atoms with E-state index in [1.165, 1.54) is 19.3 Å². The highest BCUT2D eigenvalue weighted by molar-refractivity contribution is 5.77. The fourth-order valence-corrected chi connectivity index (χ4v) is 3.14. The molecule has 0 unspecified atom stereocenters. The molecule has 0 heterocycles. The first-order chi connectivity index (χ1) is 8.46. The van der Waals surface area contributed by atoms with Crippen LogP contribution in [0.2, 0.25) is 0 Å². The van der Waals surface area contributed by atoms with Gasteiger partial charge >= 0.3 is 0 Å². The van der Waals surface area contributed by atoms with E-state index in [-0.39, 0.29) is 5.91 Å². The Hall–Kier alpha value is -0.570. The van der Waals surface area contributed by atoms with Gasteiger partial charge in [0.2, 0.25) is 5.91 Å². The lowest BCUT2D eigenvalue weighted by Gasteiger charge is -2.31. The van der Waals surface area contributed by atoms with E-state index in [0.717, 1.165) is 32.2 Å². The van der Waals surface area contributed by atoms with Crippen molar-refractivity contribution >= 4 is 5.91 Å². The number of nitrogens with one attached hydrogen (secondary N) is 1. The molecule has 0 spiro atoms. The van der Waals surface area contributed by atoms with Crippen LogP contribution in [-0.4, -0.2) is 23.2 Å². The van der Waals surface area contributed by atoms with Crippen molar-refractivity contribution in [2.45, 2.75) is 70.8 Å². The molecular weight excluding hydrogens is 226 g/mol. The molecule has 2 saturated carbocycles. The summed E-state index contributed by atoms with van der Waals surface area (Å²) in [7, 11) is 0. The zero-order valence-corrected chi connectivity index (χ0v) is 11.8. The lowest BCUT2D eigenvalue weighted by Crippen LogP contribution is -2.40. The lowest BCUT2D eigenvalue weighted by atomic mass is 9.82. The summed E-state index contributed by atoms with van der Waals surface area (Å²) in [5.74, 6) is 0.668. The highest BCUT2D eigenvalue weighted by Gasteiger charge is 2.45. The fourth-order valence-electron chi connectivity index (χ4n) is 3.14. The first kappa shape index (κ1) is 13.9. The lowest BCUT2D eigenvalue weighted by molar-refractivity contribution is -0.127. The summed E-state index contributed by atoms with van der Waals surface area (Å²) in [6, 6.07) is 0. The molecule has 0 atom stereocenters. The fraction of sp³-hybridized carbons (Fsp3) is 0.933. The molecule has 3 nitrogen and oxygen atoms in total. The van der Waals surface area contributed by atoms with Gasteiger partial charge < -0.3 is 10.4 Å². The van der Waals surface area contributed by atoms with E-state index in [0.29, 0.717) is 17.8 Å². The largest absolute Gasteiger partial charge is 0.389 e. The second-order valence-corrected chi connectivity index (χ2v) is 6.76. The van der Waals surface area contributed by atoms with Gasteiger partial charge in [0, 0.05) is 6.54 Å². The van der Waals surface area contributed by atoms with Crippen LogP contribution in [0.15, 0.2) is 0 Å². The Bertz CT molecular complexity index is 302. The molecule has 1 amide bonds. The third-order valence-electron chi connectivity index (χ3n) is 5.03. The first-order valence-corrected chi connectivity index (χ1v) is 7.45. The van der Waals surface area contributed by atoms with Gasteiger partial charge in [-0.2, -0.15) is 0 Å². The van der Waals surface area contributed by atoms with Crippen molar-refractivity contribution in [3.8, 4) is 0 Å². The van der Waals surface area contributed by atoms with Crippen LogP contribution in [-0.2, 0) is 4.79 Å². The number of hydrogen-bond acceptors (Lipinski definition) is 2. The standard InChI is InChI=1S/C15H27NO2/c1-12(2)14(8-9-14)11-16-13(17)10-15(18)6-4-3-5-7-15/h12,18H,3-11H2,1-2H3,(H,16,17). The van der Waals surface area contributed by atoms with Crippen LogP contribution in [0.25, 0.3) is 0 Å². The molecule has 104 valence electrons. The summed E-state index contributed by atoms with van der Waals surface area (Å²) in [6.45, 7) is 5.25. The Morgan fingerprint density at radius 1 is 1.17 bits per heavy atom. The normalized spacial score (nSPS) is 24.9. The van der Waals surface area contributed by atoms with Gasteiger partial charge in [-0.05, 0) is 37.0 Å². The maximum atomic E-state index is 11.9. The predicted molar refractivity (Wildman–Crippen MR) is 72.2 cm³/mol. The van der Waals surface area contributed by atoms with Crippen molar-refractivity contribution in [3.63, 3.8) is 0 Å². The summed E-state index contributed by atoms with van der Waals surface area (Å²) in [6.07, 6.45) is 7.64. The molecule has 0 saturated heterocycles. The van der Waals surface area contributed by atoms with Crippen LogP contribution in [0, 0.1) is 11.3 Å². The van der Waals surface area contributed by atoms with Gasteiger partial charge in [0.1, 0.15) is 0 Å². The van der Waals surface area contributed by atoms with E-state index in [2.05, 4.69) is 19.2 Å². The van der Waals surface area contributed by atoms with E-state index < -0.39 is 5.60 Å². The minimum absolute atomic E-state index is 0.0336. The predicted octanol–water partition coefficient (Wildman–Crippen LogP) is 2.62. The maximum absolute atomic E-state index is 11.9. The highest BCUT2D eigenvalue weighted by atomic mass is 16.3. The van der Waals surface area contributed by atoms with E-state index in [1.807, 2.05) is 0 Å². The topological polar surface area (TPSA) is 49.3 Å². The van der Waals surface area contributed by atoms with E-state index in [4.69, 9.17) is 0 Å². The maximum Gasteiger partial charge on any atom is 0.222 e. The molecule has 2 N–H and O–H groups in total. The second-order valence-electron chi connectivity index (χ2n) is 6.76. The van der Waals surface area contributed by atoms with Crippen molar-refractivity contribution in [1.82, 2.24) is 5.32 Å². The minimum Gasteiger partial charge on any atom is -0.389 e. The molecule has 18 heavy (non-hydrogen) atoms. The molecule has 0 aliphatic heterocycles. The van der Waals surface area contributed by atoms with Gasteiger partial charge in [-0.15, -0.1) is 0 Å². The summed E-state index contributed by atoms with van der Waals surface area (Å²) in [4.78, 5) is 11.9. The molecular formula is C15H27NO2. The third kappa shape index (κ3) is 3.25. The molecule has 2 rings (SSSR count). The summed E-state index contributed by atoms with van der Waals surface area (Å²) in [5, 5.41) is 13.4. The van der Waals surface area contributed by atoms with E-state index >= 15 is 0 Å². The van der Waals surface area contributed by atoms with E-state index in [1.54, 1.807) is 0 Å². The molecule has 0 bridgehead atoms. The van der Waals surface area contributed by atoms with Gasteiger partial charge in [-0.3, -0.25) is 4.79 Å². The van der Waals surface area contributed by atoms with Crippen molar-refractivity contribution < 1.29 is 9.90 Å². The summed E-state index contributed by atoms with van der Waals surface area (Å²) < 4.78 is 0. The number of rotatable bonds is 5. The van der Waals surface area contributed by atoms with E-state index in [9.17, 15) is 9.90 Å². The van der Waals surface area contributed by atoms with Crippen molar-refractivity contribution in [3.05, 3.63) is 0 Å². The van der Waals surface area contributed by atoms with Crippen LogP contribution in [0.3, 0.4) is 0 Å². The Morgan fingerprint density at radius 3 is 2.28 bits per heavy atom. The Labute approximate surface area is 110 Å². The zero-order valence-electron chi connectivity index (χ0n) is 11.8.